The molecule has 96 valence electrons. The van der Waals surface area contributed by atoms with Gasteiger partial charge in [-0.15, -0.1) is 0 Å². The molecular formula is C12H21N3O2. The summed E-state index contributed by atoms with van der Waals surface area (Å²) in [6.07, 6.45) is 4.77. The van der Waals surface area contributed by atoms with Crippen LogP contribution >= 0.6 is 0 Å². The van der Waals surface area contributed by atoms with E-state index in [0.29, 0.717) is 18.4 Å². The summed E-state index contributed by atoms with van der Waals surface area (Å²) in [6, 6.07) is 0.365. The maximum absolute atomic E-state index is 11.5. The van der Waals surface area contributed by atoms with Crippen LogP contribution in [0.3, 0.4) is 0 Å². The molecule has 0 spiro atoms. The molecule has 2 rings (SSSR count). The highest BCUT2D eigenvalue weighted by Gasteiger charge is 2.23. The predicted octanol–water partition coefficient (Wildman–Crippen LogP) is -0.229. The van der Waals surface area contributed by atoms with Gasteiger partial charge in [0, 0.05) is 12.5 Å². The standard InChI is InChI=1S/C12H21N3O2/c16-11(4-1-9-5-6-13-7-9)14-8-12(17)15-10-2-3-10/h9-10,13H,1-8H2,(H,14,16)(H,15,17). The summed E-state index contributed by atoms with van der Waals surface area (Å²) in [5.41, 5.74) is 0. The molecule has 2 amide bonds. The fraction of sp³-hybridized carbons (Fsp3) is 0.833. The van der Waals surface area contributed by atoms with Gasteiger partial charge in [0.15, 0.2) is 0 Å². The van der Waals surface area contributed by atoms with Gasteiger partial charge < -0.3 is 16.0 Å². The number of hydrogen-bond donors (Lipinski definition) is 3. The first-order valence-corrected chi connectivity index (χ1v) is 6.51. The molecule has 1 heterocycles. The normalized spacial score (nSPS) is 23.4. The second-order valence-corrected chi connectivity index (χ2v) is 5.02. The van der Waals surface area contributed by atoms with Gasteiger partial charge in [-0.25, -0.2) is 0 Å². The smallest absolute Gasteiger partial charge is 0.239 e. The Hall–Kier alpha value is -1.10. The highest BCUT2D eigenvalue weighted by atomic mass is 16.2. The van der Waals surface area contributed by atoms with Crippen LogP contribution < -0.4 is 16.0 Å². The summed E-state index contributed by atoms with van der Waals surface area (Å²) in [7, 11) is 0. The van der Waals surface area contributed by atoms with Crippen molar-refractivity contribution in [2.24, 2.45) is 5.92 Å². The molecule has 1 aliphatic carbocycles. The van der Waals surface area contributed by atoms with Crippen molar-refractivity contribution in [2.75, 3.05) is 19.6 Å². The number of carbonyl (C=O) groups excluding carboxylic acids is 2. The molecule has 1 unspecified atom stereocenters. The lowest BCUT2D eigenvalue weighted by atomic mass is 10.0. The summed E-state index contributed by atoms with van der Waals surface area (Å²) in [5, 5.41) is 8.79. The summed E-state index contributed by atoms with van der Waals surface area (Å²) in [4.78, 5) is 22.8. The third-order valence-electron chi connectivity index (χ3n) is 3.33. The Morgan fingerprint density at radius 3 is 2.65 bits per heavy atom. The topological polar surface area (TPSA) is 70.2 Å². The van der Waals surface area contributed by atoms with Gasteiger partial charge in [-0.2, -0.15) is 0 Å². The van der Waals surface area contributed by atoms with Crippen molar-refractivity contribution in [1.29, 1.82) is 0 Å². The molecule has 5 nitrogen and oxygen atoms in total. The zero-order valence-electron chi connectivity index (χ0n) is 10.1. The first-order valence-electron chi connectivity index (χ1n) is 6.51. The van der Waals surface area contributed by atoms with Crippen molar-refractivity contribution in [1.82, 2.24) is 16.0 Å². The van der Waals surface area contributed by atoms with Crippen molar-refractivity contribution in [3.63, 3.8) is 0 Å². The van der Waals surface area contributed by atoms with Crippen molar-refractivity contribution in [3.05, 3.63) is 0 Å². The van der Waals surface area contributed by atoms with Gasteiger partial charge in [0.25, 0.3) is 0 Å². The third-order valence-corrected chi connectivity index (χ3v) is 3.33. The molecule has 2 fully saturated rings. The van der Waals surface area contributed by atoms with E-state index >= 15 is 0 Å². The van der Waals surface area contributed by atoms with Gasteiger partial charge in [-0.3, -0.25) is 9.59 Å². The lowest BCUT2D eigenvalue weighted by Crippen LogP contribution is -2.37. The highest BCUT2D eigenvalue weighted by Crippen LogP contribution is 2.18. The Labute approximate surface area is 102 Å². The highest BCUT2D eigenvalue weighted by molar-refractivity contribution is 5.84. The fourth-order valence-electron chi connectivity index (χ4n) is 2.07. The number of rotatable bonds is 6. The quantitative estimate of drug-likeness (QED) is 0.600. The molecule has 0 radical (unpaired) electrons. The first-order chi connectivity index (χ1) is 8.24. The number of hydrogen-bond acceptors (Lipinski definition) is 3. The van der Waals surface area contributed by atoms with Crippen molar-refractivity contribution < 1.29 is 9.59 Å². The maximum Gasteiger partial charge on any atom is 0.239 e. The van der Waals surface area contributed by atoms with Gasteiger partial charge >= 0.3 is 0 Å². The summed E-state index contributed by atoms with van der Waals surface area (Å²) < 4.78 is 0. The van der Waals surface area contributed by atoms with Crippen LogP contribution in [0.15, 0.2) is 0 Å². The summed E-state index contributed by atoms with van der Waals surface area (Å²) in [5.74, 6) is 0.548. The third kappa shape index (κ3) is 4.73. The molecule has 0 aromatic carbocycles. The Kier molecular flexibility index (Phi) is 4.36. The first kappa shape index (κ1) is 12.4. The minimum atomic E-state index is -0.0663. The Bertz CT molecular complexity index is 283. The van der Waals surface area contributed by atoms with Gasteiger partial charge in [-0.1, -0.05) is 0 Å². The van der Waals surface area contributed by atoms with E-state index in [0.717, 1.165) is 38.8 Å². The van der Waals surface area contributed by atoms with Crippen LogP contribution in [0.4, 0.5) is 0 Å². The Morgan fingerprint density at radius 2 is 2.00 bits per heavy atom. The zero-order valence-corrected chi connectivity index (χ0v) is 10.1. The van der Waals surface area contributed by atoms with Crippen LogP contribution in [0, 0.1) is 5.92 Å². The molecule has 1 aliphatic heterocycles. The van der Waals surface area contributed by atoms with Crippen LogP contribution in [0.2, 0.25) is 0 Å². The zero-order chi connectivity index (χ0) is 12.1. The second-order valence-electron chi connectivity index (χ2n) is 5.02. The lowest BCUT2D eigenvalue weighted by molar-refractivity contribution is -0.126. The van der Waals surface area contributed by atoms with Crippen molar-refractivity contribution in [2.45, 2.75) is 38.1 Å². The Morgan fingerprint density at radius 1 is 1.18 bits per heavy atom. The van der Waals surface area contributed by atoms with Gasteiger partial charge in [-0.05, 0) is 44.7 Å². The predicted molar refractivity (Wildman–Crippen MR) is 64.4 cm³/mol. The second kappa shape index (κ2) is 6.00. The molecule has 5 heteroatoms. The number of nitrogens with one attached hydrogen (secondary N) is 3. The molecule has 1 saturated carbocycles. The Balaban J connectivity index is 1.51. The van der Waals surface area contributed by atoms with Crippen molar-refractivity contribution >= 4 is 11.8 Å². The largest absolute Gasteiger partial charge is 0.352 e. The van der Waals surface area contributed by atoms with E-state index in [1.165, 1.54) is 0 Å². The molecule has 2 aliphatic rings. The molecule has 1 saturated heterocycles. The van der Waals surface area contributed by atoms with Crippen LogP contribution in [0.5, 0.6) is 0 Å². The van der Waals surface area contributed by atoms with Crippen LogP contribution in [-0.2, 0) is 9.59 Å². The molecule has 0 aromatic rings. The van der Waals surface area contributed by atoms with E-state index in [2.05, 4.69) is 16.0 Å². The average Bonchev–Trinajstić information content (AvgIpc) is 2.96. The van der Waals surface area contributed by atoms with Crippen LogP contribution in [0.25, 0.3) is 0 Å². The monoisotopic (exact) mass is 239 g/mol. The van der Waals surface area contributed by atoms with Crippen LogP contribution in [0.1, 0.15) is 32.1 Å². The molecule has 0 bridgehead atoms. The van der Waals surface area contributed by atoms with Gasteiger partial charge in [0.1, 0.15) is 0 Å². The van der Waals surface area contributed by atoms with E-state index < -0.39 is 0 Å². The number of carbonyl (C=O) groups is 2. The molecule has 17 heavy (non-hydrogen) atoms. The number of amides is 2. The maximum atomic E-state index is 11.5. The SMILES string of the molecule is O=C(CCC1CCNC1)NCC(=O)NC1CC1. The van der Waals surface area contributed by atoms with Gasteiger partial charge in [0.05, 0.1) is 6.54 Å². The lowest BCUT2D eigenvalue weighted by Gasteiger charge is -2.08. The molecule has 3 N–H and O–H groups in total. The average molecular weight is 239 g/mol. The van der Waals surface area contributed by atoms with E-state index in [1.807, 2.05) is 0 Å². The minimum Gasteiger partial charge on any atom is -0.352 e. The van der Waals surface area contributed by atoms with Crippen molar-refractivity contribution in [3.8, 4) is 0 Å². The summed E-state index contributed by atoms with van der Waals surface area (Å²) >= 11 is 0. The molecule has 0 aromatic heterocycles. The molecule has 1 atom stereocenters. The van der Waals surface area contributed by atoms with E-state index in [9.17, 15) is 9.59 Å². The fourth-order valence-corrected chi connectivity index (χ4v) is 2.07. The van der Waals surface area contributed by atoms with Crippen LogP contribution in [-0.4, -0.2) is 37.5 Å². The van der Waals surface area contributed by atoms with E-state index in [-0.39, 0.29) is 18.4 Å². The summed E-state index contributed by atoms with van der Waals surface area (Å²) in [6.45, 7) is 2.21. The minimum absolute atomic E-state index is 0.0113. The molecular weight excluding hydrogens is 218 g/mol. The van der Waals surface area contributed by atoms with Gasteiger partial charge in [0.2, 0.25) is 11.8 Å². The van der Waals surface area contributed by atoms with E-state index in [4.69, 9.17) is 0 Å². The van der Waals surface area contributed by atoms with E-state index in [1.54, 1.807) is 0 Å².